The molecule has 0 radical (unpaired) electrons. The molecular weight excluding hydrogens is 290 g/mol. The number of nitrogens with two attached hydrogens (primary N) is 1. The van der Waals surface area contributed by atoms with E-state index < -0.39 is 0 Å². The third-order valence-corrected chi connectivity index (χ3v) is 4.16. The number of anilines is 1. The van der Waals surface area contributed by atoms with Gasteiger partial charge in [0, 0.05) is 18.0 Å². The number of carbonyl (C=O) groups excluding carboxylic acids is 1. The zero-order valence-corrected chi connectivity index (χ0v) is 14.7. The van der Waals surface area contributed by atoms with Crippen LogP contribution in [-0.2, 0) is 11.3 Å². The first-order valence-corrected chi connectivity index (χ1v) is 8.25. The summed E-state index contributed by atoms with van der Waals surface area (Å²) in [6, 6.07) is 5.93. The molecule has 5 heteroatoms. The predicted octanol–water partition coefficient (Wildman–Crippen LogP) is 2.40. The van der Waals surface area contributed by atoms with Crippen molar-refractivity contribution in [3.63, 3.8) is 0 Å². The average molecular weight is 319 g/mol. The van der Waals surface area contributed by atoms with Crippen LogP contribution in [-0.4, -0.2) is 36.5 Å². The number of rotatable bonds is 4. The Labute approximate surface area is 139 Å². The van der Waals surface area contributed by atoms with Crippen LogP contribution in [0.5, 0.6) is 5.75 Å². The van der Waals surface area contributed by atoms with Gasteiger partial charge in [-0.3, -0.25) is 9.69 Å². The van der Waals surface area contributed by atoms with E-state index in [9.17, 15) is 4.79 Å². The van der Waals surface area contributed by atoms with Crippen LogP contribution in [0.2, 0.25) is 0 Å². The van der Waals surface area contributed by atoms with Gasteiger partial charge in [-0.1, -0.05) is 6.07 Å². The number of likely N-dealkylation sites (tertiary alicyclic amines) is 1. The minimum absolute atomic E-state index is 0.131. The first-order chi connectivity index (χ1) is 10.8. The third kappa shape index (κ3) is 5.13. The van der Waals surface area contributed by atoms with Crippen LogP contribution in [0, 0.1) is 5.92 Å². The summed E-state index contributed by atoms with van der Waals surface area (Å²) in [6.45, 7) is 8.81. The summed E-state index contributed by atoms with van der Waals surface area (Å²) in [6.07, 6.45) is 1.82. The van der Waals surface area contributed by atoms with Crippen molar-refractivity contribution in [2.24, 2.45) is 5.92 Å². The first kappa shape index (κ1) is 17.6. The van der Waals surface area contributed by atoms with E-state index >= 15 is 0 Å². The Bertz CT molecular complexity index is 544. The van der Waals surface area contributed by atoms with Crippen molar-refractivity contribution in [3.05, 3.63) is 23.8 Å². The highest BCUT2D eigenvalue weighted by Gasteiger charge is 2.27. The van der Waals surface area contributed by atoms with Crippen molar-refractivity contribution in [2.45, 2.75) is 45.7 Å². The van der Waals surface area contributed by atoms with Crippen molar-refractivity contribution >= 4 is 11.6 Å². The summed E-state index contributed by atoms with van der Waals surface area (Å²) < 4.78 is 5.19. The Morgan fingerprint density at radius 3 is 2.52 bits per heavy atom. The Morgan fingerprint density at radius 1 is 1.35 bits per heavy atom. The normalized spacial score (nSPS) is 17.0. The molecule has 1 amide bonds. The largest absolute Gasteiger partial charge is 0.495 e. The van der Waals surface area contributed by atoms with Crippen LogP contribution < -0.4 is 15.8 Å². The molecule has 5 nitrogen and oxygen atoms in total. The summed E-state index contributed by atoms with van der Waals surface area (Å²) in [4.78, 5) is 14.6. The number of nitrogens with one attached hydrogen (secondary N) is 1. The number of methoxy groups -OCH3 is 1. The highest BCUT2D eigenvalue weighted by atomic mass is 16.5. The fourth-order valence-corrected chi connectivity index (χ4v) is 2.97. The van der Waals surface area contributed by atoms with Crippen LogP contribution in [0.4, 0.5) is 5.69 Å². The zero-order chi connectivity index (χ0) is 17.0. The summed E-state index contributed by atoms with van der Waals surface area (Å²) in [7, 11) is 1.62. The van der Waals surface area contributed by atoms with Gasteiger partial charge in [-0.05, 0) is 64.4 Å². The highest BCUT2D eigenvalue weighted by Crippen LogP contribution is 2.24. The van der Waals surface area contributed by atoms with E-state index in [0.29, 0.717) is 11.4 Å². The Hall–Kier alpha value is -1.75. The van der Waals surface area contributed by atoms with E-state index in [1.54, 1.807) is 7.11 Å². The van der Waals surface area contributed by atoms with E-state index in [2.05, 4.69) is 10.2 Å². The van der Waals surface area contributed by atoms with Crippen LogP contribution in [0.3, 0.4) is 0 Å². The third-order valence-electron chi connectivity index (χ3n) is 4.16. The summed E-state index contributed by atoms with van der Waals surface area (Å²) in [5.74, 6) is 1.03. The predicted molar refractivity (Wildman–Crippen MR) is 93.3 cm³/mol. The molecule has 1 fully saturated rings. The molecule has 0 unspecified atom stereocenters. The molecule has 0 atom stereocenters. The number of benzene rings is 1. The monoisotopic (exact) mass is 319 g/mol. The lowest BCUT2D eigenvalue weighted by Crippen LogP contribution is -2.46. The van der Waals surface area contributed by atoms with Gasteiger partial charge in [0.2, 0.25) is 5.91 Å². The van der Waals surface area contributed by atoms with Gasteiger partial charge in [0.1, 0.15) is 5.75 Å². The fourth-order valence-electron chi connectivity index (χ4n) is 2.97. The molecule has 128 valence electrons. The van der Waals surface area contributed by atoms with E-state index in [-0.39, 0.29) is 17.4 Å². The summed E-state index contributed by atoms with van der Waals surface area (Å²) in [5, 5.41) is 3.09. The summed E-state index contributed by atoms with van der Waals surface area (Å²) in [5.41, 5.74) is 7.66. The van der Waals surface area contributed by atoms with Crippen molar-refractivity contribution in [1.29, 1.82) is 0 Å². The minimum atomic E-state index is -0.158. The number of nitrogen functional groups attached to an aromatic ring is 1. The van der Waals surface area contributed by atoms with Crippen LogP contribution in [0.15, 0.2) is 18.2 Å². The van der Waals surface area contributed by atoms with Gasteiger partial charge in [-0.15, -0.1) is 0 Å². The number of hydrogen-bond acceptors (Lipinski definition) is 4. The molecule has 3 N–H and O–H groups in total. The number of carbonyl (C=O) groups is 1. The Morgan fingerprint density at radius 2 is 2.00 bits per heavy atom. The van der Waals surface area contributed by atoms with Gasteiger partial charge in [0.25, 0.3) is 0 Å². The molecule has 1 aromatic rings. The van der Waals surface area contributed by atoms with Crippen LogP contribution >= 0.6 is 0 Å². The molecule has 1 heterocycles. The van der Waals surface area contributed by atoms with E-state index in [1.807, 2.05) is 39.0 Å². The standard InChI is InChI=1S/C18H29N3O2/c1-18(2,3)20-17(22)14-7-9-21(10-8-14)12-13-5-6-16(23-4)15(19)11-13/h5-6,11,14H,7-10,12,19H2,1-4H3,(H,20,22). The molecule has 1 aliphatic rings. The van der Waals surface area contributed by atoms with Gasteiger partial charge in [-0.25, -0.2) is 0 Å². The SMILES string of the molecule is COc1ccc(CN2CCC(C(=O)NC(C)(C)C)CC2)cc1N. The molecule has 1 aliphatic heterocycles. The molecule has 0 aromatic heterocycles. The van der Waals surface area contributed by atoms with Crippen molar-refractivity contribution in [1.82, 2.24) is 10.2 Å². The van der Waals surface area contributed by atoms with Crippen LogP contribution in [0.25, 0.3) is 0 Å². The number of piperidine rings is 1. The van der Waals surface area contributed by atoms with E-state index in [0.717, 1.165) is 32.5 Å². The molecular formula is C18H29N3O2. The maximum atomic E-state index is 12.2. The molecule has 2 rings (SSSR count). The minimum Gasteiger partial charge on any atom is -0.495 e. The Kier molecular flexibility index (Phi) is 5.52. The molecule has 0 aliphatic carbocycles. The molecule has 0 spiro atoms. The fraction of sp³-hybridized carbons (Fsp3) is 0.611. The summed E-state index contributed by atoms with van der Waals surface area (Å²) >= 11 is 0. The quantitative estimate of drug-likeness (QED) is 0.836. The molecule has 23 heavy (non-hydrogen) atoms. The van der Waals surface area contributed by atoms with Crippen molar-refractivity contribution in [2.75, 3.05) is 25.9 Å². The van der Waals surface area contributed by atoms with Crippen molar-refractivity contribution in [3.8, 4) is 5.75 Å². The molecule has 1 saturated heterocycles. The van der Waals surface area contributed by atoms with E-state index in [1.165, 1.54) is 5.56 Å². The maximum absolute atomic E-state index is 12.2. The number of hydrogen-bond donors (Lipinski definition) is 2. The van der Waals surface area contributed by atoms with Gasteiger partial charge >= 0.3 is 0 Å². The first-order valence-electron chi connectivity index (χ1n) is 8.25. The number of amides is 1. The highest BCUT2D eigenvalue weighted by molar-refractivity contribution is 5.79. The second kappa shape index (κ2) is 7.21. The van der Waals surface area contributed by atoms with Gasteiger partial charge in [0.05, 0.1) is 12.8 Å². The van der Waals surface area contributed by atoms with Gasteiger partial charge < -0.3 is 15.8 Å². The van der Waals surface area contributed by atoms with E-state index in [4.69, 9.17) is 10.5 Å². The maximum Gasteiger partial charge on any atom is 0.223 e. The topological polar surface area (TPSA) is 67.6 Å². The number of ether oxygens (including phenoxy) is 1. The second-order valence-corrected chi connectivity index (χ2v) is 7.37. The lowest BCUT2D eigenvalue weighted by molar-refractivity contribution is -0.127. The second-order valence-electron chi connectivity index (χ2n) is 7.37. The molecule has 1 aromatic carbocycles. The molecule has 0 bridgehead atoms. The van der Waals surface area contributed by atoms with Gasteiger partial charge in [0.15, 0.2) is 0 Å². The zero-order valence-electron chi connectivity index (χ0n) is 14.7. The molecule has 0 saturated carbocycles. The smallest absolute Gasteiger partial charge is 0.223 e. The Balaban J connectivity index is 1.85. The van der Waals surface area contributed by atoms with Crippen molar-refractivity contribution < 1.29 is 9.53 Å². The average Bonchev–Trinajstić information content (AvgIpc) is 2.46. The lowest BCUT2D eigenvalue weighted by atomic mass is 9.94. The lowest BCUT2D eigenvalue weighted by Gasteiger charge is -2.33. The van der Waals surface area contributed by atoms with Gasteiger partial charge in [-0.2, -0.15) is 0 Å². The van der Waals surface area contributed by atoms with Crippen LogP contribution in [0.1, 0.15) is 39.2 Å². The number of nitrogens with zero attached hydrogens (tertiary/aromatic N) is 1.